The molecule has 44 heavy (non-hydrogen) atoms. The number of amides is 1. The highest BCUT2D eigenvalue weighted by Crippen LogP contribution is 2.57. The summed E-state index contributed by atoms with van der Waals surface area (Å²) in [5.41, 5.74) is 11.3. The van der Waals surface area contributed by atoms with Gasteiger partial charge in [0.25, 0.3) is 12.1 Å². The summed E-state index contributed by atoms with van der Waals surface area (Å²) in [5.74, 6) is -3.42. The van der Waals surface area contributed by atoms with E-state index < -0.39 is 82.9 Å². The van der Waals surface area contributed by atoms with E-state index in [2.05, 4.69) is 19.5 Å². The van der Waals surface area contributed by atoms with Crippen molar-refractivity contribution in [1.82, 2.24) is 19.5 Å². The van der Waals surface area contributed by atoms with Crippen molar-refractivity contribution < 1.29 is 72.1 Å². The number of hydrogen-bond acceptors (Lipinski definition) is 15. The van der Waals surface area contributed by atoms with Crippen LogP contribution in [0.15, 0.2) is 37.2 Å². The molecule has 3 aromatic rings. The lowest BCUT2D eigenvalue weighted by Crippen LogP contribution is -2.46. The fourth-order valence-electron chi connectivity index (χ4n) is 4.82. The molecular weight excluding hydrogens is 636 g/mol. The number of nitrogens with zero attached hydrogens (tertiary/aromatic N) is 5. The summed E-state index contributed by atoms with van der Waals surface area (Å²) >= 11 is 0. The number of primary amides is 1. The number of nitrogen functional groups attached to an aromatic ring is 1. The third kappa shape index (κ3) is 6.24. The number of aliphatic hydroxyl groups excluding tert-OH is 4. The van der Waals surface area contributed by atoms with Crippen LogP contribution >= 0.6 is 15.4 Å². The van der Waals surface area contributed by atoms with E-state index in [1.807, 2.05) is 0 Å². The normalized spacial score (nSPS) is 31.2. The number of aliphatic hydroxyl groups is 4. The topological polar surface area (TPSA) is 329 Å². The molecule has 23 heteroatoms. The maximum atomic E-state index is 13.4. The van der Waals surface area contributed by atoms with E-state index in [0.29, 0.717) is 0 Å². The summed E-state index contributed by atoms with van der Waals surface area (Å²) in [6.45, 7) is -0.947. The van der Waals surface area contributed by atoms with Crippen LogP contribution in [0.25, 0.3) is 11.2 Å². The molecule has 11 N–H and O–H groups in total. The predicted molar refractivity (Wildman–Crippen MR) is 139 cm³/mol. The van der Waals surface area contributed by atoms with Gasteiger partial charge in [-0.05, 0) is 6.07 Å². The van der Waals surface area contributed by atoms with E-state index >= 15 is 0 Å². The number of anilines is 1. The SMILES string of the molecule is NC(=O)c1ccc[n+]([C@H]2O[C@@H](C(OP(=O)(O)O)P(=O)(O)OC[C@H]3O[C@H](n4cnc5c(N)ncnc54)[C@H](O)[C@@H]3O)[C@@H](O)[C@H]2O)c1. The number of imidazole rings is 1. The van der Waals surface area contributed by atoms with Crippen LogP contribution < -0.4 is 16.0 Å². The van der Waals surface area contributed by atoms with Crippen molar-refractivity contribution >= 4 is 38.3 Å². The Balaban J connectivity index is 1.35. The van der Waals surface area contributed by atoms with Crippen molar-refractivity contribution in [2.24, 2.45) is 5.73 Å². The zero-order chi connectivity index (χ0) is 32.1. The first-order valence-corrected chi connectivity index (χ1v) is 15.7. The summed E-state index contributed by atoms with van der Waals surface area (Å²) in [5, 5.41) is 42.5. The molecule has 10 atom stereocenters. The number of fused-ring (bicyclic) bond motifs is 1. The van der Waals surface area contributed by atoms with Gasteiger partial charge in [-0.25, -0.2) is 19.5 Å². The van der Waals surface area contributed by atoms with E-state index in [-0.39, 0.29) is 22.5 Å². The van der Waals surface area contributed by atoms with Crippen LogP contribution in [0, 0.1) is 0 Å². The molecule has 2 saturated heterocycles. The first kappa shape index (κ1) is 32.4. The highest BCUT2D eigenvalue weighted by Gasteiger charge is 2.58. The second-order valence-corrected chi connectivity index (χ2v) is 12.9. The Hall–Kier alpha value is -3.01. The number of rotatable bonds is 10. The van der Waals surface area contributed by atoms with Gasteiger partial charge in [-0.3, -0.25) is 18.5 Å². The molecule has 2 unspecified atom stereocenters. The van der Waals surface area contributed by atoms with Crippen LogP contribution in [-0.2, 0) is 27.7 Å². The molecule has 5 rings (SSSR count). The Kier molecular flexibility index (Phi) is 8.88. The van der Waals surface area contributed by atoms with E-state index in [1.54, 1.807) is 0 Å². The molecule has 0 aromatic carbocycles. The number of ether oxygens (including phenoxy) is 2. The fourth-order valence-corrected chi connectivity index (χ4v) is 7.19. The Morgan fingerprint density at radius 2 is 1.80 bits per heavy atom. The quantitative estimate of drug-likeness (QED) is 0.0745. The maximum absolute atomic E-state index is 13.4. The number of aromatic nitrogens is 5. The van der Waals surface area contributed by atoms with Crippen molar-refractivity contribution in [1.29, 1.82) is 0 Å². The van der Waals surface area contributed by atoms with Crippen molar-refractivity contribution in [2.75, 3.05) is 12.3 Å². The molecule has 240 valence electrons. The van der Waals surface area contributed by atoms with Crippen LogP contribution in [-0.4, -0.2) is 110 Å². The van der Waals surface area contributed by atoms with Crippen LogP contribution in [0.5, 0.6) is 0 Å². The van der Waals surface area contributed by atoms with E-state index in [4.69, 9.17) is 25.5 Å². The number of pyridine rings is 1. The second kappa shape index (κ2) is 12.1. The first-order valence-electron chi connectivity index (χ1n) is 12.6. The number of hydrogen-bond donors (Lipinski definition) is 9. The molecule has 0 saturated carbocycles. The highest BCUT2D eigenvalue weighted by molar-refractivity contribution is 7.54. The third-order valence-electron chi connectivity index (χ3n) is 6.95. The summed E-state index contributed by atoms with van der Waals surface area (Å²) in [7, 11) is -11.0. The Bertz CT molecular complexity index is 1640. The maximum Gasteiger partial charge on any atom is 0.470 e. The van der Waals surface area contributed by atoms with Crippen LogP contribution in [0.4, 0.5) is 5.82 Å². The molecule has 0 bridgehead atoms. The van der Waals surface area contributed by atoms with Gasteiger partial charge in [0, 0.05) is 6.07 Å². The lowest BCUT2D eigenvalue weighted by molar-refractivity contribution is -0.766. The number of phosphoric acid groups is 1. The highest BCUT2D eigenvalue weighted by atomic mass is 31.2. The molecule has 0 aliphatic carbocycles. The van der Waals surface area contributed by atoms with Crippen molar-refractivity contribution in [2.45, 2.75) is 54.9 Å². The molecule has 2 fully saturated rings. The Morgan fingerprint density at radius 3 is 2.48 bits per heavy atom. The molecule has 0 spiro atoms. The lowest BCUT2D eigenvalue weighted by atomic mass is 10.1. The molecule has 21 nitrogen and oxygen atoms in total. The standard InChI is InChI=1S/C21H27N7O14P2/c22-16-10-18(25-6-24-16)28(7-26-10)20-13(31)11(29)9(40-20)5-39-43(34,35)21(42-44(36,37)38)15-12(30)14(32)19(41-15)27-3-1-2-8(4-27)17(23)33/h1-4,6-7,9,11-15,19-21,29-32H,5H2,(H6-,22,23,24,25,33,34,35,36,37,38)/p+1/t9-,11-,12+,13-,14-,15-,19+,20+,21?/m1/s1. The fraction of sp³-hybridized carbons (Fsp3) is 0.476. The van der Waals surface area contributed by atoms with Gasteiger partial charge >= 0.3 is 15.4 Å². The second-order valence-electron chi connectivity index (χ2n) is 9.85. The van der Waals surface area contributed by atoms with E-state index in [1.165, 1.54) is 29.2 Å². The predicted octanol–water partition coefficient (Wildman–Crippen LogP) is -3.63. The van der Waals surface area contributed by atoms with Crippen molar-refractivity contribution in [3.05, 3.63) is 42.7 Å². The molecule has 0 radical (unpaired) electrons. The monoisotopic (exact) mass is 664 g/mol. The van der Waals surface area contributed by atoms with Gasteiger partial charge in [-0.15, -0.1) is 0 Å². The van der Waals surface area contributed by atoms with Gasteiger partial charge in [-0.2, -0.15) is 4.57 Å². The smallest absolute Gasteiger partial charge is 0.387 e. The Morgan fingerprint density at radius 1 is 1.07 bits per heavy atom. The lowest BCUT2D eigenvalue weighted by Gasteiger charge is -2.29. The van der Waals surface area contributed by atoms with Crippen LogP contribution in [0.3, 0.4) is 0 Å². The van der Waals surface area contributed by atoms with Gasteiger partial charge in [0.2, 0.25) is 0 Å². The van der Waals surface area contributed by atoms with Crippen molar-refractivity contribution in [3.8, 4) is 0 Å². The number of carbonyl (C=O) groups excluding carboxylic acids is 1. The Labute approximate surface area is 246 Å². The number of carbonyl (C=O) groups is 1. The summed E-state index contributed by atoms with van der Waals surface area (Å²) in [4.78, 5) is 53.1. The van der Waals surface area contributed by atoms with Crippen LogP contribution in [0.1, 0.15) is 22.8 Å². The largest absolute Gasteiger partial charge is 0.470 e. The minimum Gasteiger partial charge on any atom is -0.387 e. The molecular formula is C21H28N7O14P2+. The average Bonchev–Trinajstić information content (AvgIpc) is 3.60. The third-order valence-corrected chi connectivity index (χ3v) is 9.18. The first-order chi connectivity index (χ1) is 20.6. The molecule has 2 aliphatic rings. The zero-order valence-corrected chi connectivity index (χ0v) is 23.9. The van der Waals surface area contributed by atoms with E-state index in [9.17, 15) is 49.0 Å². The van der Waals surface area contributed by atoms with Gasteiger partial charge in [0.1, 0.15) is 47.9 Å². The van der Waals surface area contributed by atoms with Gasteiger partial charge in [-0.1, -0.05) is 0 Å². The van der Waals surface area contributed by atoms with E-state index in [0.717, 1.165) is 17.1 Å². The zero-order valence-electron chi connectivity index (χ0n) is 22.1. The number of phosphoric ester groups is 1. The van der Waals surface area contributed by atoms with Crippen LogP contribution in [0.2, 0.25) is 0 Å². The summed E-state index contributed by atoms with van der Waals surface area (Å²) < 4.78 is 48.1. The molecule has 3 aromatic heterocycles. The number of nitrogens with two attached hydrogens (primary N) is 2. The average molecular weight is 664 g/mol. The molecule has 5 heterocycles. The summed E-state index contributed by atoms with van der Waals surface area (Å²) in [6, 6.07) is 2.69. The minimum atomic E-state index is -5.58. The summed E-state index contributed by atoms with van der Waals surface area (Å²) in [6.07, 6.45) is -8.98. The van der Waals surface area contributed by atoms with Gasteiger partial charge < -0.3 is 60.6 Å². The minimum absolute atomic E-state index is 0.0293. The van der Waals surface area contributed by atoms with Crippen molar-refractivity contribution in [3.63, 3.8) is 0 Å². The van der Waals surface area contributed by atoms with Gasteiger partial charge in [0.15, 0.2) is 42.0 Å². The molecule has 1 amide bonds. The molecule has 2 aliphatic heterocycles. The van der Waals surface area contributed by atoms with Gasteiger partial charge in [0.05, 0.1) is 12.9 Å².